The fraction of sp³-hybridized carbons (Fsp3) is 0.500. The number of hydrogen-bond acceptors (Lipinski definition) is 2. The first-order chi connectivity index (χ1) is 8.93. The van der Waals surface area contributed by atoms with Crippen LogP contribution < -0.4 is 5.32 Å². The molecule has 1 aromatic rings. The summed E-state index contributed by atoms with van der Waals surface area (Å²) in [7, 11) is 0. The van der Waals surface area contributed by atoms with E-state index < -0.39 is 0 Å². The maximum Gasteiger partial charge on any atom is 0.107 e. The van der Waals surface area contributed by atoms with Crippen LogP contribution in [-0.2, 0) is 11.3 Å². The highest BCUT2D eigenvalue weighted by molar-refractivity contribution is 5.14. The fourth-order valence-electron chi connectivity index (χ4n) is 1.77. The van der Waals surface area contributed by atoms with Gasteiger partial charge in [-0.15, -0.1) is 6.42 Å². The van der Waals surface area contributed by atoms with E-state index in [1.807, 2.05) is 6.07 Å². The molecule has 0 bridgehead atoms. The molecule has 1 N–H and O–H groups in total. The number of ether oxygens (including phenoxy) is 1. The van der Waals surface area contributed by atoms with Crippen molar-refractivity contribution in [1.29, 1.82) is 0 Å². The number of unbranched alkanes of at least 4 members (excludes halogenated alkanes) is 3. The molecule has 98 valence electrons. The van der Waals surface area contributed by atoms with Crippen LogP contribution in [0, 0.1) is 12.3 Å². The first-order valence-electron chi connectivity index (χ1n) is 6.69. The van der Waals surface area contributed by atoms with E-state index in [4.69, 9.17) is 11.2 Å². The third-order valence-corrected chi connectivity index (χ3v) is 2.75. The van der Waals surface area contributed by atoms with Crippen LogP contribution in [0.25, 0.3) is 0 Å². The Morgan fingerprint density at radius 2 is 1.83 bits per heavy atom. The van der Waals surface area contributed by atoms with Crippen LogP contribution in [0.1, 0.15) is 31.2 Å². The standard InChI is InChI=1S/C16H23NO/c1-2-13-18-14-9-4-3-8-12-17-15-16-10-6-5-7-11-16/h1,5-7,10-11,17H,3-4,8-9,12-15H2. The quantitative estimate of drug-likeness (QED) is 0.505. The molecule has 2 nitrogen and oxygen atoms in total. The van der Waals surface area contributed by atoms with Crippen LogP contribution in [0.3, 0.4) is 0 Å². The molecule has 0 aromatic heterocycles. The summed E-state index contributed by atoms with van der Waals surface area (Å²) in [5.41, 5.74) is 1.35. The third-order valence-electron chi connectivity index (χ3n) is 2.75. The van der Waals surface area contributed by atoms with Gasteiger partial charge in [-0.25, -0.2) is 0 Å². The van der Waals surface area contributed by atoms with Crippen LogP contribution >= 0.6 is 0 Å². The summed E-state index contributed by atoms with van der Waals surface area (Å²) in [5.74, 6) is 2.47. The second kappa shape index (κ2) is 10.8. The molecule has 0 saturated carbocycles. The van der Waals surface area contributed by atoms with Crippen molar-refractivity contribution in [3.05, 3.63) is 35.9 Å². The topological polar surface area (TPSA) is 21.3 Å². The van der Waals surface area contributed by atoms with E-state index in [0.29, 0.717) is 6.61 Å². The molecule has 0 atom stereocenters. The first-order valence-corrected chi connectivity index (χ1v) is 6.69. The molecule has 0 spiro atoms. The molecule has 18 heavy (non-hydrogen) atoms. The van der Waals surface area contributed by atoms with Gasteiger partial charge in [0.15, 0.2) is 0 Å². The van der Waals surface area contributed by atoms with Crippen LogP contribution in [0.2, 0.25) is 0 Å². The fourth-order valence-corrected chi connectivity index (χ4v) is 1.77. The average molecular weight is 245 g/mol. The van der Waals surface area contributed by atoms with Crippen molar-refractivity contribution in [3.63, 3.8) is 0 Å². The lowest BCUT2D eigenvalue weighted by Gasteiger charge is -2.05. The highest BCUT2D eigenvalue weighted by atomic mass is 16.5. The molecule has 2 heteroatoms. The Kier molecular flexibility index (Phi) is 8.88. The molecule has 0 aliphatic rings. The Hall–Kier alpha value is -1.30. The normalized spacial score (nSPS) is 10.2. The molecule has 0 unspecified atom stereocenters. The zero-order chi connectivity index (χ0) is 12.9. The summed E-state index contributed by atoms with van der Waals surface area (Å²) >= 11 is 0. The lowest BCUT2D eigenvalue weighted by molar-refractivity contribution is 0.162. The van der Waals surface area contributed by atoms with Crippen molar-refractivity contribution in [3.8, 4) is 12.3 Å². The van der Waals surface area contributed by atoms with Crippen LogP contribution in [0.4, 0.5) is 0 Å². The summed E-state index contributed by atoms with van der Waals surface area (Å²) < 4.78 is 5.22. The Labute approximate surface area is 111 Å². The third kappa shape index (κ3) is 7.89. The molecule has 0 heterocycles. The predicted molar refractivity (Wildman–Crippen MR) is 76.3 cm³/mol. The van der Waals surface area contributed by atoms with Gasteiger partial charge in [0, 0.05) is 13.2 Å². The Balaban J connectivity index is 1.83. The van der Waals surface area contributed by atoms with Crippen molar-refractivity contribution >= 4 is 0 Å². The summed E-state index contributed by atoms with van der Waals surface area (Å²) in [5, 5.41) is 3.46. The van der Waals surface area contributed by atoms with Gasteiger partial charge in [-0.1, -0.05) is 49.1 Å². The van der Waals surface area contributed by atoms with Gasteiger partial charge in [0.05, 0.1) is 0 Å². The highest BCUT2D eigenvalue weighted by Gasteiger charge is 1.92. The first kappa shape index (κ1) is 14.8. The van der Waals surface area contributed by atoms with Crippen molar-refractivity contribution in [2.75, 3.05) is 19.8 Å². The summed E-state index contributed by atoms with van der Waals surface area (Å²) in [4.78, 5) is 0. The molecule has 1 aromatic carbocycles. The van der Waals surface area contributed by atoms with E-state index in [1.54, 1.807) is 0 Å². The van der Waals surface area contributed by atoms with Crippen molar-refractivity contribution in [2.24, 2.45) is 0 Å². The molecular weight excluding hydrogens is 222 g/mol. The number of terminal acetylenes is 1. The number of nitrogens with one attached hydrogen (secondary N) is 1. The molecule has 0 aliphatic carbocycles. The van der Waals surface area contributed by atoms with Crippen LogP contribution in [0.5, 0.6) is 0 Å². The van der Waals surface area contributed by atoms with Crippen LogP contribution in [-0.4, -0.2) is 19.8 Å². The van der Waals surface area contributed by atoms with Gasteiger partial charge in [-0.2, -0.15) is 0 Å². The minimum absolute atomic E-state index is 0.443. The van der Waals surface area contributed by atoms with Crippen molar-refractivity contribution < 1.29 is 4.74 Å². The van der Waals surface area contributed by atoms with Crippen LogP contribution in [0.15, 0.2) is 30.3 Å². The molecular formula is C16H23NO. The SMILES string of the molecule is C#CCOCCCCCCNCc1ccccc1. The van der Waals surface area contributed by atoms with Gasteiger partial charge in [0.1, 0.15) is 6.61 Å². The van der Waals surface area contributed by atoms with Gasteiger partial charge in [0.2, 0.25) is 0 Å². The average Bonchev–Trinajstić information content (AvgIpc) is 2.42. The van der Waals surface area contributed by atoms with E-state index in [1.165, 1.54) is 24.8 Å². The zero-order valence-corrected chi connectivity index (χ0v) is 11.0. The lowest BCUT2D eigenvalue weighted by Crippen LogP contribution is -2.14. The Bertz CT molecular complexity index is 329. The van der Waals surface area contributed by atoms with Gasteiger partial charge >= 0.3 is 0 Å². The molecule has 0 fully saturated rings. The Morgan fingerprint density at radius 3 is 2.61 bits per heavy atom. The smallest absolute Gasteiger partial charge is 0.107 e. The molecule has 0 saturated heterocycles. The number of hydrogen-bond donors (Lipinski definition) is 1. The van der Waals surface area contributed by atoms with E-state index in [0.717, 1.165) is 26.1 Å². The summed E-state index contributed by atoms with van der Waals surface area (Å²) in [6.07, 6.45) is 9.90. The monoisotopic (exact) mass is 245 g/mol. The minimum Gasteiger partial charge on any atom is -0.369 e. The highest BCUT2D eigenvalue weighted by Crippen LogP contribution is 2.00. The molecule has 0 radical (unpaired) electrons. The van der Waals surface area contributed by atoms with E-state index in [9.17, 15) is 0 Å². The Morgan fingerprint density at radius 1 is 1.06 bits per heavy atom. The molecule has 0 amide bonds. The van der Waals surface area contributed by atoms with Gasteiger partial charge in [-0.3, -0.25) is 0 Å². The van der Waals surface area contributed by atoms with Gasteiger partial charge in [-0.05, 0) is 24.9 Å². The summed E-state index contributed by atoms with van der Waals surface area (Å²) in [6.45, 7) is 3.28. The molecule has 1 rings (SSSR count). The van der Waals surface area contributed by atoms with E-state index in [2.05, 4.69) is 35.5 Å². The second-order valence-corrected chi connectivity index (χ2v) is 4.33. The zero-order valence-electron chi connectivity index (χ0n) is 11.0. The maximum atomic E-state index is 5.22. The van der Waals surface area contributed by atoms with Gasteiger partial charge < -0.3 is 10.1 Å². The lowest BCUT2D eigenvalue weighted by atomic mass is 10.2. The predicted octanol–water partition coefficient (Wildman–Crippen LogP) is 2.99. The largest absolute Gasteiger partial charge is 0.369 e. The second-order valence-electron chi connectivity index (χ2n) is 4.33. The number of benzene rings is 1. The maximum absolute atomic E-state index is 5.22. The minimum atomic E-state index is 0.443. The van der Waals surface area contributed by atoms with E-state index >= 15 is 0 Å². The summed E-state index contributed by atoms with van der Waals surface area (Å²) in [6, 6.07) is 10.5. The van der Waals surface area contributed by atoms with E-state index in [-0.39, 0.29) is 0 Å². The molecule has 0 aliphatic heterocycles. The van der Waals surface area contributed by atoms with Gasteiger partial charge in [0.25, 0.3) is 0 Å². The number of rotatable bonds is 10. The van der Waals surface area contributed by atoms with Crippen molar-refractivity contribution in [2.45, 2.75) is 32.2 Å². The van der Waals surface area contributed by atoms with Crippen molar-refractivity contribution in [1.82, 2.24) is 5.32 Å².